The summed E-state index contributed by atoms with van der Waals surface area (Å²) in [5.41, 5.74) is -0.806. The number of alkyl halides is 3. The van der Waals surface area contributed by atoms with E-state index in [2.05, 4.69) is 15.2 Å². The molecule has 0 spiro atoms. The number of rotatable bonds is 3. The fourth-order valence-corrected chi connectivity index (χ4v) is 3.69. The van der Waals surface area contributed by atoms with Crippen molar-refractivity contribution in [3.8, 4) is 0 Å². The van der Waals surface area contributed by atoms with E-state index in [-0.39, 0.29) is 5.02 Å². The number of anilines is 1. The number of aromatic nitrogens is 1. The Bertz CT molecular complexity index is 553. The fourth-order valence-electron chi connectivity index (χ4n) is 3.41. The minimum Gasteiger partial charge on any atom is -0.353 e. The second kappa shape index (κ2) is 7.45. The van der Waals surface area contributed by atoms with Crippen LogP contribution in [0.3, 0.4) is 0 Å². The molecule has 1 unspecified atom stereocenters. The van der Waals surface area contributed by atoms with Gasteiger partial charge < -0.3 is 10.2 Å². The van der Waals surface area contributed by atoms with Crippen molar-refractivity contribution in [2.45, 2.75) is 19.0 Å². The molecule has 1 N–H and O–H groups in total. The molecule has 24 heavy (non-hydrogen) atoms. The minimum atomic E-state index is -4.41. The lowest BCUT2D eigenvalue weighted by molar-refractivity contribution is -0.137. The normalized spacial score (nSPS) is 23.5. The second-order valence-electron chi connectivity index (χ2n) is 6.53. The minimum absolute atomic E-state index is 0.0646. The first-order valence-electron chi connectivity index (χ1n) is 8.34. The number of piperazine rings is 1. The molecule has 2 aliphatic rings. The maximum atomic E-state index is 12.7. The molecule has 3 heterocycles. The van der Waals surface area contributed by atoms with Crippen molar-refractivity contribution in [3.63, 3.8) is 0 Å². The van der Waals surface area contributed by atoms with Gasteiger partial charge in [-0.15, -0.1) is 0 Å². The van der Waals surface area contributed by atoms with Gasteiger partial charge in [0.15, 0.2) is 0 Å². The number of piperidine rings is 1. The highest BCUT2D eigenvalue weighted by Gasteiger charge is 2.32. The van der Waals surface area contributed by atoms with Crippen LogP contribution < -0.4 is 10.2 Å². The predicted molar refractivity (Wildman–Crippen MR) is 88.5 cm³/mol. The molecule has 0 saturated carbocycles. The van der Waals surface area contributed by atoms with E-state index in [0.29, 0.717) is 11.7 Å². The van der Waals surface area contributed by atoms with Crippen molar-refractivity contribution >= 4 is 17.4 Å². The van der Waals surface area contributed by atoms with Gasteiger partial charge in [0.25, 0.3) is 0 Å². The van der Waals surface area contributed by atoms with E-state index in [1.807, 2.05) is 4.90 Å². The first-order chi connectivity index (χ1) is 11.4. The zero-order chi connectivity index (χ0) is 17.2. The van der Waals surface area contributed by atoms with Crippen LogP contribution in [0.25, 0.3) is 0 Å². The smallest absolute Gasteiger partial charge is 0.353 e. The largest absolute Gasteiger partial charge is 0.417 e. The fraction of sp³-hybridized carbons (Fsp3) is 0.688. The highest BCUT2D eigenvalue weighted by molar-refractivity contribution is 6.33. The van der Waals surface area contributed by atoms with Gasteiger partial charge in [-0.25, -0.2) is 4.98 Å². The van der Waals surface area contributed by atoms with E-state index in [1.54, 1.807) is 0 Å². The number of nitrogens with one attached hydrogen (secondary N) is 1. The van der Waals surface area contributed by atoms with E-state index in [9.17, 15) is 13.2 Å². The third-order valence-corrected chi connectivity index (χ3v) is 5.01. The van der Waals surface area contributed by atoms with Gasteiger partial charge in [0.2, 0.25) is 0 Å². The van der Waals surface area contributed by atoms with Crippen molar-refractivity contribution in [2.75, 3.05) is 50.7 Å². The Morgan fingerprint density at radius 2 is 2.00 bits per heavy atom. The van der Waals surface area contributed by atoms with E-state index >= 15 is 0 Å². The van der Waals surface area contributed by atoms with E-state index in [1.165, 1.54) is 12.8 Å². The van der Waals surface area contributed by atoms with Crippen LogP contribution in [-0.4, -0.2) is 55.7 Å². The lowest BCUT2D eigenvalue weighted by Gasteiger charge is -2.38. The van der Waals surface area contributed by atoms with Crippen molar-refractivity contribution in [1.29, 1.82) is 0 Å². The van der Waals surface area contributed by atoms with Gasteiger partial charge in [0, 0.05) is 38.9 Å². The Morgan fingerprint density at radius 1 is 1.25 bits per heavy atom. The van der Waals surface area contributed by atoms with Crippen LogP contribution in [0.15, 0.2) is 12.3 Å². The summed E-state index contributed by atoms with van der Waals surface area (Å²) in [4.78, 5) is 8.35. The van der Waals surface area contributed by atoms with Crippen LogP contribution in [0.4, 0.5) is 19.0 Å². The maximum absolute atomic E-state index is 12.7. The van der Waals surface area contributed by atoms with Gasteiger partial charge in [0.1, 0.15) is 5.82 Å². The van der Waals surface area contributed by atoms with Crippen LogP contribution in [0.1, 0.15) is 18.4 Å². The number of pyridine rings is 1. The number of halogens is 4. The molecule has 1 atom stereocenters. The van der Waals surface area contributed by atoms with Crippen LogP contribution >= 0.6 is 11.6 Å². The number of nitrogens with zero attached hydrogens (tertiary/aromatic N) is 3. The average molecular weight is 363 g/mol. The third kappa shape index (κ3) is 4.32. The van der Waals surface area contributed by atoms with Gasteiger partial charge in [-0.1, -0.05) is 11.6 Å². The molecule has 0 aliphatic carbocycles. The molecule has 3 rings (SSSR count). The Hall–Kier alpha value is -1.05. The molecule has 0 amide bonds. The second-order valence-corrected chi connectivity index (χ2v) is 6.93. The number of hydrogen-bond donors (Lipinski definition) is 1. The van der Waals surface area contributed by atoms with E-state index < -0.39 is 11.7 Å². The predicted octanol–water partition coefficient (Wildman–Crippen LogP) is 2.88. The van der Waals surface area contributed by atoms with Crippen LogP contribution in [-0.2, 0) is 6.18 Å². The summed E-state index contributed by atoms with van der Waals surface area (Å²) in [6, 6.07) is 0.962. The monoisotopic (exact) mass is 362 g/mol. The topological polar surface area (TPSA) is 31.4 Å². The summed E-state index contributed by atoms with van der Waals surface area (Å²) in [5, 5.41) is 3.49. The van der Waals surface area contributed by atoms with Gasteiger partial charge in [-0.2, -0.15) is 13.2 Å². The molecule has 4 nitrogen and oxygen atoms in total. The Labute approximate surface area is 145 Å². The Kier molecular flexibility index (Phi) is 5.52. The summed E-state index contributed by atoms with van der Waals surface area (Å²) in [6.07, 6.45) is -1.06. The first-order valence-corrected chi connectivity index (χ1v) is 8.72. The Balaban J connectivity index is 1.56. The molecule has 0 bridgehead atoms. The highest BCUT2D eigenvalue weighted by atomic mass is 35.5. The third-order valence-electron chi connectivity index (χ3n) is 4.74. The molecule has 0 aromatic carbocycles. The van der Waals surface area contributed by atoms with Gasteiger partial charge in [-0.05, 0) is 37.9 Å². The molecule has 1 aromatic rings. The molecule has 1 aromatic heterocycles. The summed E-state index contributed by atoms with van der Waals surface area (Å²) in [5.74, 6) is 1.14. The van der Waals surface area contributed by atoms with Gasteiger partial charge >= 0.3 is 6.18 Å². The zero-order valence-corrected chi connectivity index (χ0v) is 14.2. The Morgan fingerprint density at radius 3 is 2.58 bits per heavy atom. The molecule has 8 heteroatoms. The molecular weight excluding hydrogens is 341 g/mol. The maximum Gasteiger partial charge on any atom is 0.417 e. The quantitative estimate of drug-likeness (QED) is 0.896. The van der Waals surface area contributed by atoms with Crippen molar-refractivity contribution in [1.82, 2.24) is 15.2 Å². The van der Waals surface area contributed by atoms with Gasteiger partial charge in [-0.3, -0.25) is 4.90 Å². The molecule has 2 fully saturated rings. The van der Waals surface area contributed by atoms with Crippen LogP contribution in [0.2, 0.25) is 5.02 Å². The summed E-state index contributed by atoms with van der Waals surface area (Å²) < 4.78 is 38.1. The molecule has 134 valence electrons. The van der Waals surface area contributed by atoms with Crippen LogP contribution in [0.5, 0.6) is 0 Å². The standard InChI is InChI=1S/C16H22ClF3N4/c17-14-8-13(16(18,19)20)10-22-15(14)24-6-4-23(5-7-24)11-12-2-1-3-21-9-12/h8,10,12,21H,1-7,9,11H2. The van der Waals surface area contributed by atoms with E-state index in [0.717, 1.165) is 58.1 Å². The SMILES string of the molecule is FC(F)(F)c1cnc(N2CCN(CC3CCCNC3)CC2)c(Cl)c1. The van der Waals surface area contributed by atoms with Gasteiger partial charge in [0.05, 0.1) is 10.6 Å². The van der Waals surface area contributed by atoms with Crippen LogP contribution in [0, 0.1) is 5.92 Å². The molecule has 2 aliphatic heterocycles. The van der Waals surface area contributed by atoms with Crippen molar-refractivity contribution < 1.29 is 13.2 Å². The summed E-state index contributed by atoms with van der Waals surface area (Å²) >= 11 is 6.03. The number of hydrogen-bond acceptors (Lipinski definition) is 4. The molecule has 2 saturated heterocycles. The zero-order valence-electron chi connectivity index (χ0n) is 13.4. The lowest BCUT2D eigenvalue weighted by atomic mass is 9.99. The average Bonchev–Trinajstić information content (AvgIpc) is 2.56. The summed E-state index contributed by atoms with van der Waals surface area (Å²) in [6.45, 7) is 6.51. The highest BCUT2D eigenvalue weighted by Crippen LogP contribution is 2.33. The molecule has 0 radical (unpaired) electrons. The van der Waals surface area contributed by atoms with Crippen molar-refractivity contribution in [2.24, 2.45) is 5.92 Å². The van der Waals surface area contributed by atoms with E-state index in [4.69, 9.17) is 11.6 Å². The molecular formula is C16H22ClF3N4. The lowest BCUT2D eigenvalue weighted by Crippen LogP contribution is -2.49. The summed E-state index contributed by atoms with van der Waals surface area (Å²) in [7, 11) is 0. The first kappa shape index (κ1) is 17.8. The van der Waals surface area contributed by atoms with Crippen molar-refractivity contribution in [3.05, 3.63) is 22.8 Å².